The zero-order valence-electron chi connectivity index (χ0n) is 10.4. The summed E-state index contributed by atoms with van der Waals surface area (Å²) in [5.74, 6) is 1.38. The topological polar surface area (TPSA) is 75.6 Å². The Labute approximate surface area is 109 Å². The van der Waals surface area contributed by atoms with Crippen molar-refractivity contribution < 1.29 is 4.52 Å². The third kappa shape index (κ3) is 3.14. The Kier molecular flexibility index (Phi) is 4.05. The molecule has 0 spiro atoms. The van der Waals surface area contributed by atoms with Crippen molar-refractivity contribution in [2.75, 3.05) is 0 Å². The quantitative estimate of drug-likeness (QED) is 0.828. The lowest BCUT2D eigenvalue weighted by Gasteiger charge is -2.00. The van der Waals surface area contributed by atoms with Crippen LogP contribution in [0.5, 0.6) is 0 Å². The first-order chi connectivity index (χ1) is 8.69. The summed E-state index contributed by atoms with van der Waals surface area (Å²) in [7, 11) is 0. The molecule has 0 aliphatic heterocycles. The number of hydrogen-bond acceptors (Lipinski definition) is 6. The van der Waals surface area contributed by atoms with Crippen LogP contribution in [-0.2, 0) is 6.42 Å². The molecular weight excluding hydrogens is 248 g/mol. The van der Waals surface area contributed by atoms with Gasteiger partial charge in [0.05, 0.1) is 23.2 Å². The van der Waals surface area contributed by atoms with Crippen molar-refractivity contribution in [2.24, 2.45) is 0 Å². The molecule has 2 aromatic heterocycles. The molecule has 0 N–H and O–H groups in total. The standard InChI is InChI=1S/C12H14N4OS/c1-8(4-3-5-13)12-15-11(16-17-12)6-10-7-18-9(2)14-10/h7-8H,3-4,6H2,1-2H3. The molecule has 0 aliphatic carbocycles. The Hall–Kier alpha value is -1.74. The summed E-state index contributed by atoms with van der Waals surface area (Å²) < 4.78 is 5.21. The minimum Gasteiger partial charge on any atom is -0.339 e. The molecule has 0 radical (unpaired) electrons. The molecule has 0 fully saturated rings. The van der Waals surface area contributed by atoms with E-state index in [0.717, 1.165) is 17.1 Å². The van der Waals surface area contributed by atoms with Crippen LogP contribution in [0.15, 0.2) is 9.90 Å². The second-order valence-corrected chi connectivity index (χ2v) is 5.24. The van der Waals surface area contributed by atoms with E-state index >= 15 is 0 Å². The molecule has 2 heterocycles. The fourth-order valence-electron chi connectivity index (χ4n) is 1.60. The van der Waals surface area contributed by atoms with E-state index in [4.69, 9.17) is 9.78 Å². The smallest absolute Gasteiger partial charge is 0.229 e. The monoisotopic (exact) mass is 262 g/mol. The Morgan fingerprint density at radius 1 is 1.50 bits per heavy atom. The second kappa shape index (κ2) is 5.74. The van der Waals surface area contributed by atoms with Gasteiger partial charge in [0.15, 0.2) is 5.82 Å². The highest BCUT2D eigenvalue weighted by molar-refractivity contribution is 7.09. The minimum atomic E-state index is 0.128. The van der Waals surface area contributed by atoms with Gasteiger partial charge in [-0.15, -0.1) is 11.3 Å². The molecular formula is C12H14N4OS. The molecule has 0 saturated carbocycles. The van der Waals surface area contributed by atoms with Gasteiger partial charge in [0.2, 0.25) is 5.89 Å². The van der Waals surface area contributed by atoms with Crippen LogP contribution < -0.4 is 0 Å². The van der Waals surface area contributed by atoms with Crippen LogP contribution in [0.2, 0.25) is 0 Å². The Bertz CT molecular complexity index is 554. The normalized spacial score (nSPS) is 12.3. The van der Waals surface area contributed by atoms with Crippen molar-refractivity contribution in [1.29, 1.82) is 5.26 Å². The number of aromatic nitrogens is 3. The van der Waals surface area contributed by atoms with Gasteiger partial charge in [0.25, 0.3) is 0 Å². The summed E-state index contributed by atoms with van der Waals surface area (Å²) in [5.41, 5.74) is 0.967. The van der Waals surface area contributed by atoms with E-state index in [1.165, 1.54) is 0 Å². The van der Waals surface area contributed by atoms with Gasteiger partial charge in [0.1, 0.15) is 0 Å². The van der Waals surface area contributed by atoms with Gasteiger partial charge in [0, 0.05) is 17.7 Å². The number of nitriles is 1. The molecule has 18 heavy (non-hydrogen) atoms. The Balaban J connectivity index is 2.00. The van der Waals surface area contributed by atoms with E-state index < -0.39 is 0 Å². The third-order valence-electron chi connectivity index (χ3n) is 2.60. The van der Waals surface area contributed by atoms with Crippen LogP contribution in [0.4, 0.5) is 0 Å². The van der Waals surface area contributed by atoms with Crippen molar-refractivity contribution >= 4 is 11.3 Å². The van der Waals surface area contributed by atoms with E-state index in [0.29, 0.717) is 24.6 Å². The molecule has 5 nitrogen and oxygen atoms in total. The summed E-state index contributed by atoms with van der Waals surface area (Å²) in [6.45, 7) is 3.96. The first kappa shape index (κ1) is 12.7. The van der Waals surface area contributed by atoms with Crippen LogP contribution in [-0.4, -0.2) is 15.1 Å². The first-order valence-corrected chi connectivity index (χ1v) is 6.67. The number of hydrogen-bond donors (Lipinski definition) is 0. The lowest BCUT2D eigenvalue weighted by molar-refractivity contribution is 0.351. The maximum Gasteiger partial charge on any atom is 0.229 e. The number of thiazole rings is 1. The average Bonchev–Trinajstić information content (AvgIpc) is 2.96. The van der Waals surface area contributed by atoms with E-state index in [9.17, 15) is 0 Å². The zero-order valence-corrected chi connectivity index (χ0v) is 11.2. The zero-order chi connectivity index (χ0) is 13.0. The van der Waals surface area contributed by atoms with Crippen LogP contribution in [0.1, 0.15) is 48.1 Å². The van der Waals surface area contributed by atoms with Crippen LogP contribution >= 0.6 is 11.3 Å². The lowest BCUT2D eigenvalue weighted by Crippen LogP contribution is -1.95. The lowest BCUT2D eigenvalue weighted by atomic mass is 10.1. The summed E-state index contributed by atoms with van der Waals surface area (Å²) in [6, 6.07) is 2.12. The SMILES string of the molecule is Cc1nc(Cc2noc(C(C)CCC#N)n2)cs1. The van der Waals surface area contributed by atoms with E-state index in [1.54, 1.807) is 11.3 Å². The molecule has 0 bridgehead atoms. The Morgan fingerprint density at radius 3 is 3.00 bits per heavy atom. The predicted octanol–water partition coefficient (Wildman–Crippen LogP) is 2.83. The summed E-state index contributed by atoms with van der Waals surface area (Å²) >= 11 is 1.61. The van der Waals surface area contributed by atoms with Crippen molar-refractivity contribution in [3.63, 3.8) is 0 Å². The molecule has 0 amide bonds. The first-order valence-electron chi connectivity index (χ1n) is 5.79. The molecule has 2 aromatic rings. The maximum absolute atomic E-state index is 8.54. The van der Waals surface area contributed by atoms with Gasteiger partial charge < -0.3 is 4.52 Å². The minimum absolute atomic E-state index is 0.128. The molecule has 1 unspecified atom stereocenters. The van der Waals surface area contributed by atoms with Gasteiger partial charge in [-0.2, -0.15) is 10.2 Å². The molecule has 0 aliphatic rings. The summed E-state index contributed by atoms with van der Waals surface area (Å²) in [4.78, 5) is 8.71. The van der Waals surface area contributed by atoms with E-state index in [2.05, 4.69) is 21.2 Å². The summed E-state index contributed by atoms with van der Waals surface area (Å²) in [5, 5.41) is 15.5. The highest BCUT2D eigenvalue weighted by Gasteiger charge is 2.14. The van der Waals surface area contributed by atoms with Crippen molar-refractivity contribution in [1.82, 2.24) is 15.1 Å². The van der Waals surface area contributed by atoms with Gasteiger partial charge in [-0.05, 0) is 13.3 Å². The molecule has 94 valence electrons. The molecule has 6 heteroatoms. The van der Waals surface area contributed by atoms with Crippen LogP contribution in [0, 0.1) is 18.3 Å². The van der Waals surface area contributed by atoms with Crippen molar-refractivity contribution in [3.05, 3.63) is 27.8 Å². The number of aryl methyl sites for hydroxylation is 1. The van der Waals surface area contributed by atoms with Gasteiger partial charge >= 0.3 is 0 Å². The third-order valence-corrected chi connectivity index (χ3v) is 3.42. The van der Waals surface area contributed by atoms with Gasteiger partial charge in [-0.1, -0.05) is 12.1 Å². The van der Waals surface area contributed by atoms with Crippen molar-refractivity contribution in [2.45, 2.75) is 39.0 Å². The number of rotatable bonds is 5. The number of nitrogens with zero attached hydrogens (tertiary/aromatic N) is 4. The fourth-order valence-corrected chi connectivity index (χ4v) is 2.21. The van der Waals surface area contributed by atoms with Gasteiger partial charge in [-0.25, -0.2) is 4.98 Å². The average molecular weight is 262 g/mol. The van der Waals surface area contributed by atoms with Crippen LogP contribution in [0.3, 0.4) is 0 Å². The summed E-state index contributed by atoms with van der Waals surface area (Å²) in [6.07, 6.45) is 1.84. The Morgan fingerprint density at radius 2 is 2.33 bits per heavy atom. The largest absolute Gasteiger partial charge is 0.339 e. The molecule has 1 atom stereocenters. The second-order valence-electron chi connectivity index (χ2n) is 4.18. The highest BCUT2D eigenvalue weighted by atomic mass is 32.1. The van der Waals surface area contributed by atoms with E-state index in [-0.39, 0.29) is 5.92 Å². The molecule has 0 saturated heterocycles. The fraction of sp³-hybridized carbons (Fsp3) is 0.500. The maximum atomic E-state index is 8.54. The molecule has 2 rings (SSSR count). The van der Waals surface area contributed by atoms with Gasteiger partial charge in [-0.3, -0.25) is 0 Å². The van der Waals surface area contributed by atoms with E-state index in [1.807, 2.05) is 19.2 Å². The predicted molar refractivity (Wildman–Crippen MR) is 67.2 cm³/mol. The van der Waals surface area contributed by atoms with Crippen molar-refractivity contribution in [3.8, 4) is 6.07 Å². The molecule has 0 aromatic carbocycles. The highest BCUT2D eigenvalue weighted by Crippen LogP contribution is 2.19. The van der Waals surface area contributed by atoms with Crippen LogP contribution in [0.25, 0.3) is 0 Å².